The maximum absolute atomic E-state index is 11.6. The van der Waals surface area contributed by atoms with Crippen molar-refractivity contribution < 1.29 is 23.7 Å². The fourth-order valence-corrected chi connectivity index (χ4v) is 6.27. The van der Waals surface area contributed by atoms with E-state index in [1.807, 2.05) is 24.3 Å². The highest BCUT2D eigenvalue weighted by Crippen LogP contribution is 2.32. The molecule has 0 aromatic carbocycles. The van der Waals surface area contributed by atoms with E-state index in [4.69, 9.17) is 35.5 Å². The fourth-order valence-electron chi connectivity index (χ4n) is 6.07. The molecule has 2 atom stereocenters. The van der Waals surface area contributed by atoms with Crippen molar-refractivity contribution in [3.63, 3.8) is 0 Å². The lowest BCUT2D eigenvalue weighted by Gasteiger charge is -2.32. The Balaban J connectivity index is 1.06. The molecule has 1 unspecified atom stereocenters. The molecule has 3 aromatic rings. The van der Waals surface area contributed by atoms with E-state index in [0.717, 1.165) is 42.8 Å². The zero-order valence-electron chi connectivity index (χ0n) is 28.2. The largest absolute Gasteiger partial charge is 0.510 e. The van der Waals surface area contributed by atoms with Crippen molar-refractivity contribution in [3.8, 4) is 17.3 Å². The zero-order valence-corrected chi connectivity index (χ0v) is 29.0. The summed E-state index contributed by atoms with van der Waals surface area (Å²) in [6.07, 6.45) is 5.56. The number of nitrogens with one attached hydrogen (secondary N) is 3. The summed E-state index contributed by atoms with van der Waals surface area (Å²) < 4.78 is 22.7. The lowest BCUT2D eigenvalue weighted by Crippen LogP contribution is -2.43. The predicted octanol–water partition coefficient (Wildman–Crippen LogP) is 5.13. The van der Waals surface area contributed by atoms with E-state index < -0.39 is 17.8 Å². The Morgan fingerprint density at radius 3 is 2.71 bits per heavy atom. The maximum Gasteiger partial charge on any atom is 0.510 e. The van der Waals surface area contributed by atoms with Gasteiger partial charge >= 0.3 is 6.16 Å². The Bertz CT molecular complexity index is 1550. The standard InChI is InChI=1S/C33H45ClN10O5/c1-4-48-32(45)49-23(3)44-31(41-42-43-44)19-47-18-22(2)38-24-8-10-25(11-9-24)39-30-16-26(27(34)17-36-30)28-6-5-7-29(40-28)37-21-33(20-35)12-14-46-15-13-33/h5-7,16-17,22-25,38H,4,8-15,18-19,21H2,1-3H3,(H,36,39)(H,37,40)/t22?,23-,24?,25?/m0/s1. The number of pyridine rings is 2. The minimum Gasteiger partial charge on any atom is -0.435 e. The van der Waals surface area contributed by atoms with E-state index in [0.29, 0.717) is 61.9 Å². The molecule has 1 aliphatic heterocycles. The first kappa shape index (κ1) is 36.2. The number of carbonyl (C=O) groups excluding carboxylic acids is 1. The molecule has 3 N–H and O–H groups in total. The number of hydrogen-bond acceptors (Lipinski definition) is 14. The quantitative estimate of drug-likeness (QED) is 0.178. The van der Waals surface area contributed by atoms with Crippen LogP contribution in [0.15, 0.2) is 30.5 Å². The molecule has 2 fully saturated rings. The third-order valence-electron chi connectivity index (χ3n) is 8.81. The molecule has 0 spiro atoms. The van der Waals surface area contributed by atoms with Gasteiger partial charge in [-0.3, -0.25) is 0 Å². The second-order valence-electron chi connectivity index (χ2n) is 12.5. The molecule has 2 aliphatic rings. The summed E-state index contributed by atoms with van der Waals surface area (Å²) in [6.45, 7) is 8.02. The second-order valence-corrected chi connectivity index (χ2v) is 12.9. The van der Waals surface area contributed by atoms with Gasteiger partial charge in [0.25, 0.3) is 0 Å². The molecule has 4 heterocycles. The van der Waals surface area contributed by atoms with Crippen LogP contribution in [0.3, 0.4) is 0 Å². The summed E-state index contributed by atoms with van der Waals surface area (Å²) >= 11 is 6.59. The van der Waals surface area contributed by atoms with Crippen LogP contribution in [0, 0.1) is 16.7 Å². The Kier molecular flexibility index (Phi) is 12.9. The minimum absolute atomic E-state index is 0.118. The van der Waals surface area contributed by atoms with Crippen molar-refractivity contribution in [1.82, 2.24) is 35.5 Å². The van der Waals surface area contributed by atoms with Gasteiger partial charge in [0.2, 0.25) is 0 Å². The number of nitrogens with zero attached hydrogens (tertiary/aromatic N) is 7. The molecule has 15 nitrogen and oxygen atoms in total. The van der Waals surface area contributed by atoms with E-state index in [1.165, 1.54) is 4.68 Å². The van der Waals surface area contributed by atoms with Crippen molar-refractivity contribution in [1.29, 1.82) is 5.26 Å². The highest BCUT2D eigenvalue weighted by Gasteiger charge is 2.32. The number of hydrogen-bond donors (Lipinski definition) is 3. The smallest absolute Gasteiger partial charge is 0.435 e. The van der Waals surface area contributed by atoms with Crippen LogP contribution in [0.4, 0.5) is 16.4 Å². The number of anilines is 2. The van der Waals surface area contributed by atoms with Crippen molar-refractivity contribution in [2.75, 3.05) is 43.6 Å². The molecular weight excluding hydrogens is 652 g/mol. The predicted molar refractivity (Wildman–Crippen MR) is 182 cm³/mol. The summed E-state index contributed by atoms with van der Waals surface area (Å²) in [7, 11) is 0. The summed E-state index contributed by atoms with van der Waals surface area (Å²) in [5.74, 6) is 1.91. The summed E-state index contributed by atoms with van der Waals surface area (Å²) in [4.78, 5) is 21.0. The number of carbonyl (C=O) groups is 1. The minimum atomic E-state index is -0.779. The third-order valence-corrected chi connectivity index (χ3v) is 9.11. The first-order valence-corrected chi connectivity index (χ1v) is 17.2. The van der Waals surface area contributed by atoms with E-state index in [2.05, 4.69) is 49.5 Å². The van der Waals surface area contributed by atoms with Gasteiger partial charge in [0, 0.05) is 49.6 Å². The molecule has 5 rings (SSSR count). The molecule has 1 saturated carbocycles. The van der Waals surface area contributed by atoms with Gasteiger partial charge in [0.05, 0.1) is 35.4 Å². The van der Waals surface area contributed by atoms with Crippen LogP contribution < -0.4 is 16.0 Å². The Hall–Kier alpha value is -4.10. The first-order chi connectivity index (χ1) is 23.8. The van der Waals surface area contributed by atoms with Crippen molar-refractivity contribution in [2.24, 2.45) is 5.41 Å². The second kappa shape index (κ2) is 17.5. The molecular formula is C33H45ClN10O5. The molecule has 1 aliphatic carbocycles. The zero-order chi connectivity index (χ0) is 34.6. The molecule has 0 radical (unpaired) electrons. The van der Waals surface area contributed by atoms with Crippen LogP contribution in [0.2, 0.25) is 5.02 Å². The molecule has 49 heavy (non-hydrogen) atoms. The van der Waals surface area contributed by atoms with E-state index in [1.54, 1.807) is 20.0 Å². The number of halogens is 1. The monoisotopic (exact) mass is 696 g/mol. The van der Waals surface area contributed by atoms with Crippen LogP contribution in [0.1, 0.15) is 71.3 Å². The topological polar surface area (TPSA) is 183 Å². The molecule has 0 amide bonds. The van der Waals surface area contributed by atoms with Gasteiger partial charge in [-0.05, 0) is 87.9 Å². The van der Waals surface area contributed by atoms with Gasteiger partial charge < -0.3 is 34.9 Å². The SMILES string of the molecule is CCOC(=O)O[C@@H](C)n1nnnc1COCC(C)NC1CCC(Nc2cc(-c3cccc(NCC4(C#N)CCOCC4)n3)c(Cl)cn2)CC1. The van der Waals surface area contributed by atoms with Gasteiger partial charge in [-0.15, -0.1) is 5.10 Å². The molecule has 264 valence electrons. The number of rotatable bonds is 15. The van der Waals surface area contributed by atoms with Crippen molar-refractivity contribution in [2.45, 2.75) is 90.3 Å². The summed E-state index contributed by atoms with van der Waals surface area (Å²) in [5, 5.41) is 32.5. The Labute approximate surface area is 291 Å². The third kappa shape index (κ3) is 10.2. The van der Waals surface area contributed by atoms with E-state index >= 15 is 0 Å². The summed E-state index contributed by atoms with van der Waals surface area (Å²) in [5.41, 5.74) is 1.08. The lowest BCUT2D eigenvalue weighted by molar-refractivity contribution is -0.00389. The van der Waals surface area contributed by atoms with Crippen LogP contribution in [-0.2, 0) is 25.6 Å². The normalized spacial score (nSPS) is 20.1. The maximum atomic E-state index is 11.6. The molecule has 3 aromatic heterocycles. The molecule has 16 heteroatoms. The van der Waals surface area contributed by atoms with Gasteiger partial charge in [0.15, 0.2) is 12.1 Å². The number of aromatic nitrogens is 6. The number of nitriles is 1. The number of tetrazole rings is 1. The Morgan fingerprint density at radius 1 is 1.18 bits per heavy atom. The number of ether oxygens (including phenoxy) is 4. The van der Waals surface area contributed by atoms with Crippen molar-refractivity contribution in [3.05, 3.63) is 41.3 Å². The van der Waals surface area contributed by atoms with Gasteiger partial charge in [0.1, 0.15) is 18.2 Å². The lowest BCUT2D eigenvalue weighted by atomic mass is 9.82. The Morgan fingerprint density at radius 2 is 1.96 bits per heavy atom. The molecule has 0 bridgehead atoms. The van der Waals surface area contributed by atoms with Crippen LogP contribution in [-0.4, -0.2) is 87.4 Å². The highest BCUT2D eigenvalue weighted by atomic mass is 35.5. The molecule has 1 saturated heterocycles. The van der Waals surface area contributed by atoms with E-state index in [-0.39, 0.29) is 25.3 Å². The van der Waals surface area contributed by atoms with Gasteiger partial charge in [-0.25, -0.2) is 14.8 Å². The highest BCUT2D eigenvalue weighted by molar-refractivity contribution is 6.33. The first-order valence-electron chi connectivity index (χ1n) is 16.8. The average Bonchev–Trinajstić information content (AvgIpc) is 3.58. The van der Waals surface area contributed by atoms with Crippen molar-refractivity contribution >= 4 is 29.4 Å². The van der Waals surface area contributed by atoms with Gasteiger partial charge in [-0.1, -0.05) is 17.7 Å². The fraction of sp³-hybridized carbons (Fsp3) is 0.606. The summed E-state index contributed by atoms with van der Waals surface area (Å²) in [6, 6.07) is 11.0. The average molecular weight is 697 g/mol. The van der Waals surface area contributed by atoms with Crippen LogP contribution in [0.25, 0.3) is 11.3 Å². The van der Waals surface area contributed by atoms with Gasteiger partial charge in [-0.2, -0.15) is 9.94 Å². The van der Waals surface area contributed by atoms with E-state index in [9.17, 15) is 10.1 Å². The van der Waals surface area contributed by atoms with Crippen LogP contribution in [0.5, 0.6) is 0 Å². The van der Waals surface area contributed by atoms with Crippen LogP contribution >= 0.6 is 11.6 Å².